The van der Waals surface area contributed by atoms with E-state index in [4.69, 9.17) is 4.42 Å². The third kappa shape index (κ3) is 2.54. The minimum Gasteiger partial charge on any atom is -0.463 e. The zero-order chi connectivity index (χ0) is 12.3. The van der Waals surface area contributed by atoms with Crippen LogP contribution in [0.3, 0.4) is 0 Å². The molecule has 0 amide bonds. The molecule has 0 aromatic carbocycles. The van der Waals surface area contributed by atoms with E-state index in [1.165, 1.54) is 0 Å². The van der Waals surface area contributed by atoms with Crippen LogP contribution in [-0.2, 0) is 4.74 Å². The van der Waals surface area contributed by atoms with E-state index in [-0.39, 0.29) is 11.5 Å². The van der Waals surface area contributed by atoms with Crippen LogP contribution in [0.5, 0.6) is 0 Å². The first kappa shape index (κ1) is 12.6. The number of methoxy groups -OCH3 is 1. The van der Waals surface area contributed by atoms with Crippen molar-refractivity contribution in [3.8, 4) is 0 Å². The van der Waals surface area contributed by atoms with Crippen molar-refractivity contribution in [1.82, 2.24) is 5.32 Å². The average Bonchev–Trinajstić information content (AvgIpc) is 2.64. The normalized spacial score (nSPS) is 13.6. The third-order valence-corrected chi connectivity index (χ3v) is 1.91. The van der Waals surface area contributed by atoms with Gasteiger partial charge in [0.05, 0.1) is 7.11 Å². The predicted molar refractivity (Wildman–Crippen MR) is 47.9 cm³/mol. The summed E-state index contributed by atoms with van der Waals surface area (Å²) in [5.74, 6) is -1.46. The molecule has 0 aliphatic rings. The molecule has 0 spiro atoms. The van der Waals surface area contributed by atoms with Gasteiger partial charge >= 0.3 is 12.1 Å². The van der Waals surface area contributed by atoms with E-state index < -0.39 is 18.2 Å². The number of hydrogen-bond donors (Lipinski definition) is 1. The highest BCUT2D eigenvalue weighted by Crippen LogP contribution is 2.33. The minimum absolute atomic E-state index is 0.262. The summed E-state index contributed by atoms with van der Waals surface area (Å²) in [4.78, 5) is 11.0. The first-order chi connectivity index (χ1) is 7.40. The number of hydrogen-bond acceptors (Lipinski definition) is 4. The lowest BCUT2D eigenvalue weighted by atomic mass is 10.2. The number of esters is 1. The van der Waals surface area contributed by atoms with E-state index in [1.54, 1.807) is 0 Å². The van der Waals surface area contributed by atoms with Crippen LogP contribution >= 0.6 is 0 Å². The number of halogens is 3. The summed E-state index contributed by atoms with van der Waals surface area (Å²) in [6.45, 7) is 0. The Labute approximate surface area is 89.4 Å². The SMILES string of the molecule is CNC(c1ccc(C(=O)OC)o1)C(F)(F)F. The van der Waals surface area contributed by atoms with Gasteiger partial charge in [-0.15, -0.1) is 0 Å². The molecule has 16 heavy (non-hydrogen) atoms. The Bertz CT molecular complexity index is 372. The van der Waals surface area contributed by atoms with Gasteiger partial charge in [-0.05, 0) is 19.2 Å². The molecular formula is C9H10F3NO3. The van der Waals surface area contributed by atoms with Crippen molar-refractivity contribution in [2.24, 2.45) is 0 Å². The third-order valence-electron chi connectivity index (χ3n) is 1.91. The van der Waals surface area contributed by atoms with Gasteiger partial charge in [0.2, 0.25) is 5.76 Å². The topological polar surface area (TPSA) is 51.5 Å². The largest absolute Gasteiger partial charge is 0.463 e. The fourth-order valence-electron chi connectivity index (χ4n) is 1.19. The minimum atomic E-state index is -4.49. The molecule has 1 atom stereocenters. The molecule has 0 aliphatic heterocycles. The van der Waals surface area contributed by atoms with E-state index in [0.717, 1.165) is 26.3 Å². The smallest absolute Gasteiger partial charge is 0.410 e. The second-order valence-corrected chi connectivity index (χ2v) is 2.96. The molecule has 0 radical (unpaired) electrons. The Morgan fingerprint density at radius 3 is 2.56 bits per heavy atom. The van der Waals surface area contributed by atoms with Crippen LogP contribution in [0.4, 0.5) is 13.2 Å². The molecule has 1 rings (SSSR count). The van der Waals surface area contributed by atoms with Gasteiger partial charge in [0.1, 0.15) is 5.76 Å². The highest BCUT2D eigenvalue weighted by molar-refractivity contribution is 5.86. The standard InChI is InChI=1S/C9H10F3NO3/c1-13-7(9(10,11)12)5-3-4-6(16-5)8(14)15-2/h3-4,7,13H,1-2H3. The second kappa shape index (κ2) is 4.56. The van der Waals surface area contributed by atoms with Gasteiger partial charge in [-0.2, -0.15) is 13.2 Å². The first-order valence-corrected chi connectivity index (χ1v) is 4.32. The van der Waals surface area contributed by atoms with E-state index in [2.05, 4.69) is 10.1 Å². The highest BCUT2D eigenvalue weighted by atomic mass is 19.4. The Kier molecular flexibility index (Phi) is 3.58. The van der Waals surface area contributed by atoms with Gasteiger partial charge in [0.25, 0.3) is 0 Å². The van der Waals surface area contributed by atoms with Crippen LogP contribution in [0.25, 0.3) is 0 Å². The Hall–Kier alpha value is -1.50. The quantitative estimate of drug-likeness (QED) is 0.815. The number of carbonyl (C=O) groups is 1. The van der Waals surface area contributed by atoms with Gasteiger partial charge in [0, 0.05) is 0 Å². The molecule has 1 N–H and O–H groups in total. The summed E-state index contributed by atoms with van der Waals surface area (Å²) in [6.07, 6.45) is -4.49. The van der Waals surface area contributed by atoms with Crippen molar-refractivity contribution in [1.29, 1.82) is 0 Å². The van der Waals surface area contributed by atoms with Crippen LogP contribution in [0.2, 0.25) is 0 Å². The van der Waals surface area contributed by atoms with Crippen molar-refractivity contribution in [2.45, 2.75) is 12.2 Å². The molecule has 1 unspecified atom stereocenters. The molecule has 0 fully saturated rings. The molecule has 7 heteroatoms. The fraction of sp³-hybridized carbons (Fsp3) is 0.444. The van der Waals surface area contributed by atoms with Crippen LogP contribution < -0.4 is 5.32 Å². The molecule has 90 valence electrons. The number of nitrogens with one attached hydrogen (secondary N) is 1. The molecule has 1 aromatic rings. The van der Waals surface area contributed by atoms with Crippen LogP contribution in [0.1, 0.15) is 22.4 Å². The van der Waals surface area contributed by atoms with Crippen molar-refractivity contribution in [3.63, 3.8) is 0 Å². The van der Waals surface area contributed by atoms with Gasteiger partial charge in [0.15, 0.2) is 6.04 Å². The maximum Gasteiger partial charge on any atom is 0.410 e. The van der Waals surface area contributed by atoms with Crippen molar-refractivity contribution in [2.75, 3.05) is 14.2 Å². The zero-order valence-corrected chi connectivity index (χ0v) is 8.59. The maximum absolute atomic E-state index is 12.5. The summed E-state index contributed by atoms with van der Waals surface area (Å²) in [6, 6.07) is 0.281. The fourth-order valence-corrected chi connectivity index (χ4v) is 1.19. The number of ether oxygens (including phenoxy) is 1. The van der Waals surface area contributed by atoms with E-state index in [1.807, 2.05) is 0 Å². The van der Waals surface area contributed by atoms with E-state index in [0.29, 0.717) is 0 Å². The second-order valence-electron chi connectivity index (χ2n) is 2.96. The number of rotatable bonds is 3. The molecule has 0 bridgehead atoms. The van der Waals surface area contributed by atoms with Gasteiger partial charge < -0.3 is 14.5 Å². The summed E-state index contributed by atoms with van der Waals surface area (Å²) < 4.78 is 46.5. The highest BCUT2D eigenvalue weighted by Gasteiger charge is 2.42. The Balaban J connectivity index is 2.96. The lowest BCUT2D eigenvalue weighted by Gasteiger charge is -2.16. The van der Waals surface area contributed by atoms with Crippen LogP contribution in [0, 0.1) is 0 Å². The van der Waals surface area contributed by atoms with Crippen molar-refractivity contribution < 1.29 is 27.1 Å². The molecule has 1 heterocycles. The summed E-state index contributed by atoms with van der Waals surface area (Å²) >= 11 is 0. The van der Waals surface area contributed by atoms with Crippen LogP contribution in [0.15, 0.2) is 16.5 Å². The molecule has 0 aliphatic carbocycles. The van der Waals surface area contributed by atoms with E-state index in [9.17, 15) is 18.0 Å². The number of carbonyl (C=O) groups excluding carboxylic acids is 1. The first-order valence-electron chi connectivity index (χ1n) is 4.32. The van der Waals surface area contributed by atoms with Crippen molar-refractivity contribution in [3.05, 3.63) is 23.7 Å². The molecule has 4 nitrogen and oxygen atoms in total. The van der Waals surface area contributed by atoms with E-state index >= 15 is 0 Å². The summed E-state index contributed by atoms with van der Waals surface area (Å²) in [5.41, 5.74) is 0. The summed E-state index contributed by atoms with van der Waals surface area (Å²) in [7, 11) is 2.27. The summed E-state index contributed by atoms with van der Waals surface area (Å²) in [5, 5.41) is 2.06. The van der Waals surface area contributed by atoms with Gasteiger partial charge in [-0.25, -0.2) is 4.79 Å². The average molecular weight is 237 g/mol. The molecule has 0 saturated carbocycles. The van der Waals surface area contributed by atoms with Gasteiger partial charge in [-0.1, -0.05) is 0 Å². The zero-order valence-electron chi connectivity index (χ0n) is 8.59. The molecular weight excluding hydrogens is 227 g/mol. The predicted octanol–water partition coefficient (Wildman–Crippen LogP) is 1.89. The van der Waals surface area contributed by atoms with Crippen LogP contribution in [-0.4, -0.2) is 26.3 Å². The number of furan rings is 1. The lowest BCUT2D eigenvalue weighted by molar-refractivity contribution is -0.160. The lowest BCUT2D eigenvalue weighted by Crippen LogP contribution is -2.31. The van der Waals surface area contributed by atoms with Crippen molar-refractivity contribution >= 4 is 5.97 Å². The number of alkyl halides is 3. The Morgan fingerprint density at radius 2 is 2.12 bits per heavy atom. The molecule has 1 aromatic heterocycles. The van der Waals surface area contributed by atoms with Gasteiger partial charge in [-0.3, -0.25) is 0 Å². The molecule has 0 saturated heterocycles. The Morgan fingerprint density at radius 1 is 1.50 bits per heavy atom. The maximum atomic E-state index is 12.5. The monoisotopic (exact) mass is 237 g/mol.